The first-order valence-corrected chi connectivity index (χ1v) is 9.43. The van der Waals surface area contributed by atoms with E-state index >= 15 is 0 Å². The van der Waals surface area contributed by atoms with Gasteiger partial charge in [0, 0.05) is 19.5 Å². The van der Waals surface area contributed by atoms with Crippen molar-refractivity contribution in [2.24, 2.45) is 4.99 Å². The Morgan fingerprint density at radius 1 is 1.34 bits per heavy atom. The summed E-state index contributed by atoms with van der Waals surface area (Å²) in [7, 11) is 0. The van der Waals surface area contributed by atoms with Crippen molar-refractivity contribution in [1.29, 1.82) is 0 Å². The Morgan fingerprint density at radius 3 is 2.76 bits per heavy atom. The number of hydrogen-bond donors (Lipinski definition) is 2. The molecule has 9 heteroatoms. The lowest BCUT2D eigenvalue weighted by atomic mass is 10.1. The van der Waals surface area contributed by atoms with Crippen molar-refractivity contribution in [2.75, 3.05) is 13.1 Å². The molecule has 1 atom stereocenters. The quantitative estimate of drug-likeness (QED) is 0.397. The Labute approximate surface area is 168 Å². The number of halogens is 3. The highest BCUT2D eigenvalue weighted by molar-refractivity contribution is 5.80. The molecular weight excluding hydrogens is 381 g/mol. The Balaban J connectivity index is 2.06. The third-order valence-electron chi connectivity index (χ3n) is 4.23. The average Bonchev–Trinajstić information content (AvgIpc) is 3.12. The molecule has 1 aromatic carbocycles. The number of aryl methyl sites for hydroxylation is 1. The van der Waals surface area contributed by atoms with Crippen LogP contribution < -0.4 is 10.6 Å². The van der Waals surface area contributed by atoms with Gasteiger partial charge in [-0.05, 0) is 31.5 Å². The molecule has 0 bridgehead atoms. The standard InChI is InChI=1S/C20H27F3N6/c1-5-18-28-26-13-29(18)10-9-24-19(25-12-14(2)3)27-15(4)16-7-6-8-17(11-16)20(21,22)23/h6-8,11,13,15H,2,5,9-10,12H2,1,3-4H3,(H2,24,25,27). The van der Waals surface area contributed by atoms with E-state index in [1.165, 1.54) is 6.07 Å². The number of aromatic nitrogens is 3. The van der Waals surface area contributed by atoms with Gasteiger partial charge in [0.15, 0.2) is 5.96 Å². The number of benzene rings is 1. The van der Waals surface area contributed by atoms with Crippen molar-refractivity contribution < 1.29 is 13.2 Å². The number of rotatable bonds is 8. The summed E-state index contributed by atoms with van der Waals surface area (Å²) in [5.41, 5.74) is 0.735. The molecule has 0 aliphatic heterocycles. The van der Waals surface area contributed by atoms with Crippen molar-refractivity contribution in [3.63, 3.8) is 0 Å². The van der Waals surface area contributed by atoms with Gasteiger partial charge in [-0.1, -0.05) is 31.2 Å². The zero-order chi connectivity index (χ0) is 21.4. The summed E-state index contributed by atoms with van der Waals surface area (Å²) in [6.45, 7) is 11.1. The van der Waals surface area contributed by atoms with E-state index in [1.807, 2.05) is 18.4 Å². The van der Waals surface area contributed by atoms with Crippen molar-refractivity contribution in [3.8, 4) is 0 Å². The lowest BCUT2D eigenvalue weighted by molar-refractivity contribution is -0.137. The average molecular weight is 408 g/mol. The Kier molecular flexibility index (Phi) is 7.81. The van der Waals surface area contributed by atoms with Crippen LogP contribution in [0.4, 0.5) is 13.2 Å². The highest BCUT2D eigenvalue weighted by Gasteiger charge is 2.30. The van der Waals surface area contributed by atoms with E-state index in [1.54, 1.807) is 19.3 Å². The molecule has 0 radical (unpaired) electrons. The molecule has 6 nitrogen and oxygen atoms in total. The molecule has 0 fully saturated rings. The zero-order valence-electron chi connectivity index (χ0n) is 16.9. The van der Waals surface area contributed by atoms with Crippen molar-refractivity contribution in [1.82, 2.24) is 25.4 Å². The van der Waals surface area contributed by atoms with Crippen molar-refractivity contribution >= 4 is 5.96 Å². The minimum atomic E-state index is -4.37. The molecule has 0 saturated carbocycles. The molecule has 2 aromatic rings. The number of alkyl halides is 3. The van der Waals surface area contributed by atoms with Gasteiger partial charge < -0.3 is 15.2 Å². The number of nitrogens with one attached hydrogen (secondary N) is 2. The smallest absolute Gasteiger partial charge is 0.355 e. The summed E-state index contributed by atoms with van der Waals surface area (Å²) < 4.78 is 40.9. The van der Waals surface area contributed by atoms with E-state index in [2.05, 4.69) is 32.4 Å². The van der Waals surface area contributed by atoms with Crippen LogP contribution in [0.3, 0.4) is 0 Å². The van der Waals surface area contributed by atoms with Crippen LogP contribution in [0.1, 0.15) is 43.8 Å². The van der Waals surface area contributed by atoms with Crippen LogP contribution in [0.25, 0.3) is 0 Å². The fraction of sp³-hybridized carbons (Fsp3) is 0.450. The number of nitrogens with zero attached hydrogens (tertiary/aromatic N) is 4. The van der Waals surface area contributed by atoms with Gasteiger partial charge in [-0.25, -0.2) is 4.99 Å². The Hall–Kier alpha value is -2.84. The second-order valence-corrected chi connectivity index (χ2v) is 6.83. The van der Waals surface area contributed by atoms with Crippen LogP contribution in [0.15, 0.2) is 47.7 Å². The molecule has 29 heavy (non-hydrogen) atoms. The fourth-order valence-corrected chi connectivity index (χ4v) is 2.67. The summed E-state index contributed by atoms with van der Waals surface area (Å²) in [4.78, 5) is 4.45. The fourth-order valence-electron chi connectivity index (χ4n) is 2.67. The number of hydrogen-bond acceptors (Lipinski definition) is 3. The van der Waals surface area contributed by atoms with Crippen LogP contribution in [0.2, 0.25) is 0 Å². The Morgan fingerprint density at radius 2 is 2.10 bits per heavy atom. The monoisotopic (exact) mass is 408 g/mol. The second kappa shape index (κ2) is 10.1. The van der Waals surface area contributed by atoms with Crippen LogP contribution in [0.5, 0.6) is 0 Å². The third kappa shape index (κ3) is 6.92. The van der Waals surface area contributed by atoms with E-state index in [4.69, 9.17) is 0 Å². The van der Waals surface area contributed by atoms with E-state index in [0.717, 1.165) is 30.0 Å². The zero-order valence-corrected chi connectivity index (χ0v) is 16.9. The first kappa shape index (κ1) is 22.4. The molecule has 0 saturated heterocycles. The first-order chi connectivity index (χ1) is 13.7. The predicted octanol–water partition coefficient (Wildman–Crippen LogP) is 3.73. The minimum Gasteiger partial charge on any atom is -0.355 e. The van der Waals surface area contributed by atoms with Gasteiger partial charge in [0.2, 0.25) is 0 Å². The molecule has 0 aliphatic rings. The normalized spacial score (nSPS) is 13.2. The van der Waals surface area contributed by atoms with Crippen LogP contribution in [-0.4, -0.2) is 33.8 Å². The summed E-state index contributed by atoms with van der Waals surface area (Å²) in [5, 5.41) is 14.3. The van der Waals surface area contributed by atoms with E-state index in [9.17, 15) is 13.2 Å². The van der Waals surface area contributed by atoms with Gasteiger partial charge in [0.05, 0.1) is 18.2 Å². The van der Waals surface area contributed by atoms with Gasteiger partial charge in [-0.2, -0.15) is 13.2 Å². The van der Waals surface area contributed by atoms with Crippen LogP contribution in [0, 0.1) is 0 Å². The summed E-state index contributed by atoms with van der Waals surface area (Å²) in [6.07, 6.45) is -1.92. The van der Waals surface area contributed by atoms with Gasteiger partial charge in [0.25, 0.3) is 0 Å². The van der Waals surface area contributed by atoms with E-state index < -0.39 is 11.7 Å². The molecule has 2 rings (SSSR count). The number of guanidine groups is 1. The van der Waals surface area contributed by atoms with Gasteiger partial charge in [0.1, 0.15) is 12.2 Å². The lowest BCUT2D eigenvalue weighted by Gasteiger charge is -2.20. The molecule has 1 unspecified atom stereocenters. The molecule has 2 N–H and O–H groups in total. The summed E-state index contributed by atoms with van der Waals surface area (Å²) in [5.74, 6) is 1.39. The summed E-state index contributed by atoms with van der Waals surface area (Å²) in [6, 6.07) is 4.92. The second-order valence-electron chi connectivity index (χ2n) is 6.83. The topological polar surface area (TPSA) is 67.1 Å². The van der Waals surface area contributed by atoms with Crippen LogP contribution >= 0.6 is 0 Å². The highest BCUT2D eigenvalue weighted by atomic mass is 19.4. The van der Waals surface area contributed by atoms with Gasteiger partial charge in [-0.15, -0.1) is 10.2 Å². The van der Waals surface area contributed by atoms with Crippen molar-refractivity contribution in [3.05, 3.63) is 59.7 Å². The molecule has 1 heterocycles. The van der Waals surface area contributed by atoms with E-state index in [0.29, 0.717) is 31.2 Å². The van der Waals surface area contributed by atoms with Gasteiger partial charge >= 0.3 is 6.18 Å². The predicted molar refractivity (Wildman–Crippen MR) is 108 cm³/mol. The molecule has 1 aromatic heterocycles. The molecule has 158 valence electrons. The SMILES string of the molecule is C=C(C)CN=C(NCCn1cnnc1CC)NC(C)c1cccc(C(F)(F)F)c1. The molecule has 0 amide bonds. The maximum Gasteiger partial charge on any atom is 0.416 e. The highest BCUT2D eigenvalue weighted by Crippen LogP contribution is 2.30. The largest absolute Gasteiger partial charge is 0.416 e. The number of aliphatic imine (C=N–C) groups is 1. The van der Waals surface area contributed by atoms with E-state index in [-0.39, 0.29) is 6.04 Å². The minimum absolute atomic E-state index is 0.366. The van der Waals surface area contributed by atoms with Crippen LogP contribution in [-0.2, 0) is 19.1 Å². The maximum absolute atomic E-state index is 13.0. The Bertz CT molecular complexity index is 841. The third-order valence-corrected chi connectivity index (χ3v) is 4.23. The first-order valence-electron chi connectivity index (χ1n) is 9.43. The molecule has 0 spiro atoms. The van der Waals surface area contributed by atoms with Crippen molar-refractivity contribution in [2.45, 2.75) is 46.0 Å². The molecule has 0 aliphatic carbocycles. The molecular formula is C20H27F3N6. The van der Waals surface area contributed by atoms with Gasteiger partial charge in [-0.3, -0.25) is 0 Å². The summed E-state index contributed by atoms with van der Waals surface area (Å²) >= 11 is 0. The maximum atomic E-state index is 13.0. The lowest BCUT2D eigenvalue weighted by Crippen LogP contribution is -2.40.